The molecule has 4 aromatic rings. The standard InChI is InChI=1S/C26H23N5O/c32-26(24-16-31(30-29-24)15-17-6-5-11-27-13-17)28-14-18-12-23-19-7-1-3-9-21(19)25(18)22-10-4-2-8-20(22)23/h1-11,13,16,18,23,25H,12,14-15H2,(H,28,32). The van der Waals surface area contributed by atoms with Crippen LogP contribution in [0.3, 0.4) is 0 Å². The first-order chi connectivity index (χ1) is 15.8. The fourth-order valence-corrected chi connectivity index (χ4v) is 5.43. The molecular weight excluding hydrogens is 398 g/mol. The lowest BCUT2D eigenvalue weighted by molar-refractivity contribution is 0.0938. The number of carbonyl (C=O) groups is 1. The maximum absolute atomic E-state index is 12.8. The normalized spacial score (nSPS) is 20.4. The SMILES string of the molecule is O=C(NCC1CC2c3ccccc3C1c1ccccc12)c1cn(Cc2cccnc2)nn1. The molecule has 158 valence electrons. The van der Waals surface area contributed by atoms with Gasteiger partial charge in [0.05, 0.1) is 12.7 Å². The first-order valence-corrected chi connectivity index (χ1v) is 11.0. The summed E-state index contributed by atoms with van der Waals surface area (Å²) >= 11 is 0. The molecule has 6 heteroatoms. The van der Waals surface area contributed by atoms with E-state index in [1.807, 2.05) is 12.1 Å². The zero-order valence-corrected chi connectivity index (χ0v) is 17.6. The maximum Gasteiger partial charge on any atom is 0.273 e. The Bertz CT molecular complexity index is 1230. The van der Waals surface area contributed by atoms with Crippen LogP contribution in [0.2, 0.25) is 0 Å². The van der Waals surface area contributed by atoms with Crippen LogP contribution in [0.4, 0.5) is 0 Å². The molecule has 2 aromatic carbocycles. The molecule has 2 heterocycles. The summed E-state index contributed by atoms with van der Waals surface area (Å²) in [6.45, 7) is 1.16. The van der Waals surface area contributed by atoms with Gasteiger partial charge in [-0.25, -0.2) is 4.68 Å². The summed E-state index contributed by atoms with van der Waals surface area (Å²) in [4.78, 5) is 16.9. The molecule has 3 aliphatic carbocycles. The van der Waals surface area contributed by atoms with Gasteiger partial charge < -0.3 is 5.32 Å². The molecular formula is C26H23N5O. The van der Waals surface area contributed by atoms with Gasteiger partial charge in [0, 0.05) is 30.8 Å². The molecule has 7 rings (SSSR count). The Labute approximate surface area is 186 Å². The van der Waals surface area contributed by atoms with Gasteiger partial charge in [0.1, 0.15) is 0 Å². The van der Waals surface area contributed by atoms with E-state index in [4.69, 9.17) is 0 Å². The molecule has 2 bridgehead atoms. The van der Waals surface area contributed by atoms with E-state index in [1.54, 1.807) is 23.3 Å². The van der Waals surface area contributed by atoms with Crippen molar-refractivity contribution in [3.05, 3.63) is 113 Å². The average Bonchev–Trinajstić information content (AvgIpc) is 3.32. The predicted molar refractivity (Wildman–Crippen MR) is 120 cm³/mol. The van der Waals surface area contributed by atoms with E-state index < -0.39 is 0 Å². The van der Waals surface area contributed by atoms with Gasteiger partial charge in [0.2, 0.25) is 0 Å². The van der Waals surface area contributed by atoms with Crippen LogP contribution in [0, 0.1) is 5.92 Å². The lowest BCUT2D eigenvalue weighted by Crippen LogP contribution is -2.39. The fraction of sp³-hybridized carbons (Fsp3) is 0.231. The van der Waals surface area contributed by atoms with Crippen LogP contribution >= 0.6 is 0 Å². The summed E-state index contributed by atoms with van der Waals surface area (Å²) in [5, 5.41) is 11.3. The molecule has 0 saturated heterocycles. The van der Waals surface area contributed by atoms with Crippen molar-refractivity contribution in [2.45, 2.75) is 24.8 Å². The minimum atomic E-state index is -0.176. The number of hydrogen-bond donors (Lipinski definition) is 1. The van der Waals surface area contributed by atoms with Gasteiger partial charge in [-0.3, -0.25) is 9.78 Å². The summed E-state index contributed by atoms with van der Waals surface area (Å²) < 4.78 is 1.67. The fourth-order valence-electron chi connectivity index (χ4n) is 5.43. The highest BCUT2D eigenvalue weighted by Gasteiger charge is 2.42. The molecule has 1 unspecified atom stereocenters. The van der Waals surface area contributed by atoms with E-state index >= 15 is 0 Å². The number of nitrogens with one attached hydrogen (secondary N) is 1. The van der Waals surface area contributed by atoms with E-state index in [-0.39, 0.29) is 5.91 Å². The van der Waals surface area contributed by atoms with Gasteiger partial charge >= 0.3 is 0 Å². The van der Waals surface area contributed by atoms with E-state index in [0.29, 0.717) is 36.5 Å². The van der Waals surface area contributed by atoms with Gasteiger partial charge in [-0.1, -0.05) is 59.8 Å². The molecule has 0 spiro atoms. The van der Waals surface area contributed by atoms with Gasteiger partial charge in [0.15, 0.2) is 5.69 Å². The van der Waals surface area contributed by atoms with Crippen molar-refractivity contribution in [3.63, 3.8) is 0 Å². The molecule has 2 aromatic heterocycles. The molecule has 0 radical (unpaired) electrons. The van der Waals surface area contributed by atoms with Crippen LogP contribution in [0.25, 0.3) is 0 Å². The van der Waals surface area contributed by atoms with Crippen LogP contribution in [0.5, 0.6) is 0 Å². The van der Waals surface area contributed by atoms with E-state index in [0.717, 1.165) is 12.0 Å². The second-order valence-electron chi connectivity index (χ2n) is 8.66. The van der Waals surface area contributed by atoms with Crippen molar-refractivity contribution in [2.24, 2.45) is 5.92 Å². The zero-order valence-electron chi connectivity index (χ0n) is 17.6. The molecule has 3 aliphatic rings. The average molecular weight is 422 g/mol. The van der Waals surface area contributed by atoms with E-state index in [1.165, 1.54) is 22.3 Å². The third-order valence-corrected chi connectivity index (χ3v) is 6.79. The number of fused-ring (bicyclic) bond motifs is 1. The quantitative estimate of drug-likeness (QED) is 0.533. The first kappa shape index (κ1) is 18.9. The highest BCUT2D eigenvalue weighted by atomic mass is 16.2. The molecule has 0 fully saturated rings. The van der Waals surface area contributed by atoms with Crippen LogP contribution in [-0.4, -0.2) is 32.4 Å². The van der Waals surface area contributed by atoms with Crippen molar-refractivity contribution >= 4 is 5.91 Å². The van der Waals surface area contributed by atoms with Gasteiger partial charge in [-0.2, -0.15) is 0 Å². The largest absolute Gasteiger partial charge is 0.350 e. The number of carbonyl (C=O) groups excluding carboxylic acids is 1. The van der Waals surface area contributed by atoms with Crippen LogP contribution in [-0.2, 0) is 6.54 Å². The number of aromatic nitrogens is 4. The molecule has 0 saturated carbocycles. The number of pyridine rings is 1. The minimum absolute atomic E-state index is 0.176. The lowest BCUT2D eigenvalue weighted by atomic mass is 9.59. The van der Waals surface area contributed by atoms with E-state index in [9.17, 15) is 4.79 Å². The van der Waals surface area contributed by atoms with Crippen molar-refractivity contribution in [3.8, 4) is 0 Å². The zero-order chi connectivity index (χ0) is 21.5. The summed E-state index contributed by atoms with van der Waals surface area (Å²) in [7, 11) is 0. The molecule has 1 amide bonds. The maximum atomic E-state index is 12.8. The van der Waals surface area contributed by atoms with Crippen molar-refractivity contribution < 1.29 is 4.79 Å². The highest BCUT2D eigenvalue weighted by Crippen LogP contribution is 2.55. The molecule has 6 nitrogen and oxygen atoms in total. The smallest absolute Gasteiger partial charge is 0.273 e. The van der Waals surface area contributed by atoms with Gasteiger partial charge in [-0.15, -0.1) is 5.10 Å². The molecule has 0 aliphatic heterocycles. The highest BCUT2D eigenvalue weighted by molar-refractivity contribution is 5.91. The Morgan fingerprint density at radius 2 is 1.69 bits per heavy atom. The molecule has 32 heavy (non-hydrogen) atoms. The second kappa shape index (κ2) is 7.71. The van der Waals surface area contributed by atoms with Crippen molar-refractivity contribution in [1.29, 1.82) is 0 Å². The number of hydrogen-bond acceptors (Lipinski definition) is 4. The van der Waals surface area contributed by atoms with Crippen molar-refractivity contribution in [2.75, 3.05) is 6.54 Å². The Hall–Kier alpha value is -3.80. The molecule has 1 atom stereocenters. The summed E-state index contributed by atoms with van der Waals surface area (Å²) in [6, 6.07) is 21.4. The summed E-state index contributed by atoms with van der Waals surface area (Å²) in [5.74, 6) is 0.897. The number of nitrogens with zero attached hydrogens (tertiary/aromatic N) is 4. The number of amides is 1. The lowest BCUT2D eigenvalue weighted by Gasteiger charge is -2.45. The third-order valence-electron chi connectivity index (χ3n) is 6.79. The third kappa shape index (κ3) is 3.19. The molecule has 1 N–H and O–H groups in total. The Balaban J connectivity index is 1.18. The number of rotatable bonds is 5. The minimum Gasteiger partial charge on any atom is -0.350 e. The summed E-state index contributed by atoms with van der Waals surface area (Å²) in [6.07, 6.45) is 6.26. The predicted octanol–water partition coefficient (Wildman–Crippen LogP) is 3.75. The van der Waals surface area contributed by atoms with Gasteiger partial charge in [-0.05, 0) is 46.2 Å². The van der Waals surface area contributed by atoms with Gasteiger partial charge in [0.25, 0.3) is 5.91 Å². The Morgan fingerprint density at radius 1 is 0.969 bits per heavy atom. The Morgan fingerprint density at radius 3 is 2.38 bits per heavy atom. The van der Waals surface area contributed by atoms with Crippen molar-refractivity contribution in [1.82, 2.24) is 25.3 Å². The van der Waals surface area contributed by atoms with Crippen LogP contribution < -0.4 is 5.32 Å². The van der Waals surface area contributed by atoms with Crippen LogP contribution in [0.1, 0.15) is 56.6 Å². The first-order valence-electron chi connectivity index (χ1n) is 11.0. The second-order valence-corrected chi connectivity index (χ2v) is 8.66. The Kier molecular flexibility index (Phi) is 4.56. The summed E-state index contributed by atoms with van der Waals surface area (Å²) in [5.41, 5.74) is 7.05. The van der Waals surface area contributed by atoms with Crippen LogP contribution in [0.15, 0.2) is 79.3 Å². The topological polar surface area (TPSA) is 72.7 Å². The monoisotopic (exact) mass is 421 g/mol. The van der Waals surface area contributed by atoms with E-state index in [2.05, 4.69) is 69.1 Å². The number of benzene rings is 2.